The minimum atomic E-state index is 0.258. The van der Waals surface area contributed by atoms with Crippen LogP contribution in [0.15, 0.2) is 29.3 Å². The summed E-state index contributed by atoms with van der Waals surface area (Å²) in [4.78, 5) is 9.22. The Morgan fingerprint density at radius 3 is 2.37 bits per heavy atom. The van der Waals surface area contributed by atoms with Gasteiger partial charge in [-0.05, 0) is 50.6 Å². The average Bonchev–Trinajstić information content (AvgIpc) is 2.63. The summed E-state index contributed by atoms with van der Waals surface area (Å²) in [5.74, 6) is 1.62. The van der Waals surface area contributed by atoms with Crippen molar-refractivity contribution >= 4 is 17.6 Å². The van der Waals surface area contributed by atoms with Crippen molar-refractivity contribution in [3.05, 3.63) is 34.9 Å². The molecule has 1 fully saturated rings. The second-order valence-corrected chi connectivity index (χ2v) is 8.53. The van der Waals surface area contributed by atoms with Gasteiger partial charge in [0.25, 0.3) is 0 Å². The van der Waals surface area contributed by atoms with Crippen molar-refractivity contribution in [2.45, 2.75) is 38.8 Å². The SMILES string of the molecule is CN=C(NCC(c1ccc(Cl)cc1)N(C)C)NC1CCN(CC(C)C)CC1. The van der Waals surface area contributed by atoms with Crippen LogP contribution in [0.4, 0.5) is 0 Å². The number of piperidine rings is 1. The predicted octanol–water partition coefficient (Wildman–Crippen LogP) is 3.23. The number of likely N-dealkylation sites (N-methyl/N-ethyl adjacent to an activating group) is 1. The molecule has 0 spiro atoms. The first-order valence-electron chi connectivity index (χ1n) is 10.0. The lowest BCUT2D eigenvalue weighted by molar-refractivity contribution is 0.186. The molecule has 2 rings (SSSR count). The number of likely N-dealkylation sites (tertiary alicyclic amines) is 1. The van der Waals surface area contributed by atoms with Crippen LogP contribution in [0.2, 0.25) is 5.02 Å². The van der Waals surface area contributed by atoms with Gasteiger partial charge in [-0.2, -0.15) is 0 Å². The second-order valence-electron chi connectivity index (χ2n) is 8.10. The fourth-order valence-corrected chi connectivity index (χ4v) is 3.77. The second kappa shape index (κ2) is 10.9. The first kappa shape index (κ1) is 22.0. The van der Waals surface area contributed by atoms with Gasteiger partial charge in [-0.25, -0.2) is 0 Å². The van der Waals surface area contributed by atoms with Gasteiger partial charge in [-0.1, -0.05) is 37.6 Å². The van der Waals surface area contributed by atoms with Crippen molar-refractivity contribution in [2.75, 3.05) is 47.3 Å². The van der Waals surface area contributed by atoms with E-state index in [9.17, 15) is 0 Å². The van der Waals surface area contributed by atoms with Gasteiger partial charge in [0.2, 0.25) is 0 Å². The van der Waals surface area contributed by atoms with Crippen LogP contribution in [0.25, 0.3) is 0 Å². The zero-order valence-corrected chi connectivity index (χ0v) is 18.3. The van der Waals surface area contributed by atoms with E-state index in [1.165, 1.54) is 24.9 Å². The maximum Gasteiger partial charge on any atom is 0.191 e. The maximum atomic E-state index is 6.03. The number of benzene rings is 1. The van der Waals surface area contributed by atoms with Crippen LogP contribution in [0.3, 0.4) is 0 Å². The summed E-state index contributed by atoms with van der Waals surface area (Å²) in [5, 5.41) is 7.88. The Hall–Kier alpha value is -1.30. The van der Waals surface area contributed by atoms with Gasteiger partial charge in [-0.3, -0.25) is 4.99 Å². The van der Waals surface area contributed by atoms with Gasteiger partial charge in [0.15, 0.2) is 5.96 Å². The number of aliphatic imine (C=N–C) groups is 1. The van der Waals surface area contributed by atoms with Gasteiger partial charge in [0.05, 0.1) is 6.04 Å². The number of nitrogens with one attached hydrogen (secondary N) is 2. The van der Waals surface area contributed by atoms with E-state index in [4.69, 9.17) is 11.6 Å². The third-order valence-electron chi connectivity index (χ3n) is 5.12. The normalized spacial score (nSPS) is 18.1. The Morgan fingerprint density at radius 2 is 1.85 bits per heavy atom. The van der Waals surface area contributed by atoms with Crippen LogP contribution in [-0.4, -0.2) is 69.1 Å². The summed E-state index contributed by atoms with van der Waals surface area (Å²) in [6.45, 7) is 8.90. The smallest absolute Gasteiger partial charge is 0.191 e. The van der Waals surface area contributed by atoms with E-state index in [1.54, 1.807) is 0 Å². The molecule has 0 radical (unpaired) electrons. The van der Waals surface area contributed by atoms with Gasteiger partial charge in [0.1, 0.15) is 0 Å². The largest absolute Gasteiger partial charge is 0.354 e. The first-order valence-corrected chi connectivity index (χ1v) is 10.4. The Balaban J connectivity index is 1.84. The van der Waals surface area contributed by atoms with Crippen LogP contribution >= 0.6 is 11.6 Å². The summed E-state index contributed by atoms with van der Waals surface area (Å²) < 4.78 is 0. The zero-order valence-electron chi connectivity index (χ0n) is 17.5. The third-order valence-corrected chi connectivity index (χ3v) is 5.37. The highest BCUT2D eigenvalue weighted by Crippen LogP contribution is 2.20. The molecule has 0 amide bonds. The van der Waals surface area contributed by atoms with Crippen LogP contribution in [0, 0.1) is 5.92 Å². The number of halogens is 1. The van der Waals surface area contributed by atoms with Crippen LogP contribution in [-0.2, 0) is 0 Å². The highest BCUT2D eigenvalue weighted by molar-refractivity contribution is 6.30. The Kier molecular flexibility index (Phi) is 8.87. The number of guanidine groups is 1. The number of rotatable bonds is 7. The summed E-state index contributed by atoms with van der Waals surface area (Å²) in [7, 11) is 6.04. The van der Waals surface area contributed by atoms with Crippen molar-refractivity contribution in [1.29, 1.82) is 0 Å². The monoisotopic (exact) mass is 393 g/mol. The standard InChI is InChI=1S/C21H36ClN5/c1-16(2)15-27-12-10-19(11-13-27)25-21(23-3)24-14-20(26(4)5)17-6-8-18(22)9-7-17/h6-9,16,19-20H,10-15H2,1-5H3,(H2,23,24,25). The molecule has 0 aromatic heterocycles. The van der Waals surface area contributed by atoms with Crippen LogP contribution in [0.5, 0.6) is 0 Å². The first-order chi connectivity index (χ1) is 12.9. The van der Waals surface area contributed by atoms with Crippen molar-refractivity contribution in [3.63, 3.8) is 0 Å². The van der Waals surface area contributed by atoms with Gasteiger partial charge in [-0.15, -0.1) is 0 Å². The third kappa shape index (κ3) is 7.32. The summed E-state index contributed by atoms with van der Waals surface area (Å²) >= 11 is 6.03. The molecule has 0 aliphatic carbocycles. The predicted molar refractivity (Wildman–Crippen MR) is 117 cm³/mol. The van der Waals surface area contributed by atoms with E-state index < -0.39 is 0 Å². The fraction of sp³-hybridized carbons (Fsp3) is 0.667. The lowest BCUT2D eigenvalue weighted by atomic mass is 10.0. The maximum absolute atomic E-state index is 6.03. The summed E-state index contributed by atoms with van der Waals surface area (Å²) in [6.07, 6.45) is 2.34. The molecule has 0 saturated carbocycles. The summed E-state index contributed by atoms with van der Waals surface area (Å²) in [6, 6.07) is 8.84. The molecular weight excluding hydrogens is 358 g/mol. The van der Waals surface area contributed by atoms with E-state index in [2.05, 4.69) is 65.5 Å². The molecule has 1 aliphatic heterocycles. The number of nitrogens with zero attached hydrogens (tertiary/aromatic N) is 3. The van der Waals surface area contributed by atoms with E-state index >= 15 is 0 Å². The molecule has 1 unspecified atom stereocenters. The van der Waals surface area contributed by atoms with Crippen molar-refractivity contribution in [1.82, 2.24) is 20.4 Å². The minimum Gasteiger partial charge on any atom is -0.354 e. The Bertz CT molecular complexity index is 577. The molecule has 2 N–H and O–H groups in total. The molecule has 1 saturated heterocycles. The molecule has 1 atom stereocenters. The van der Waals surface area contributed by atoms with Crippen LogP contribution < -0.4 is 10.6 Å². The lowest BCUT2D eigenvalue weighted by Gasteiger charge is -2.34. The molecule has 1 heterocycles. The summed E-state index contributed by atoms with van der Waals surface area (Å²) in [5.41, 5.74) is 1.24. The van der Waals surface area contributed by atoms with E-state index in [-0.39, 0.29) is 6.04 Å². The molecule has 0 bridgehead atoms. The molecule has 152 valence electrons. The molecule has 1 aromatic rings. The zero-order chi connectivity index (χ0) is 19.8. The molecule has 6 heteroatoms. The van der Waals surface area contributed by atoms with Crippen molar-refractivity contribution < 1.29 is 0 Å². The quantitative estimate of drug-likeness (QED) is 0.551. The van der Waals surface area contributed by atoms with Gasteiger partial charge >= 0.3 is 0 Å². The molecule has 1 aliphatic rings. The number of hydrogen-bond acceptors (Lipinski definition) is 3. The minimum absolute atomic E-state index is 0.258. The molecule has 1 aromatic carbocycles. The topological polar surface area (TPSA) is 42.9 Å². The molecular formula is C21H36ClN5. The highest BCUT2D eigenvalue weighted by atomic mass is 35.5. The van der Waals surface area contributed by atoms with E-state index in [0.717, 1.165) is 36.5 Å². The van der Waals surface area contributed by atoms with Crippen molar-refractivity contribution in [3.8, 4) is 0 Å². The average molecular weight is 394 g/mol. The number of hydrogen-bond donors (Lipinski definition) is 2. The van der Waals surface area contributed by atoms with E-state index in [1.807, 2.05) is 19.2 Å². The highest BCUT2D eigenvalue weighted by Gasteiger charge is 2.21. The van der Waals surface area contributed by atoms with Crippen LogP contribution in [0.1, 0.15) is 38.3 Å². The van der Waals surface area contributed by atoms with Crippen molar-refractivity contribution in [2.24, 2.45) is 10.9 Å². The Morgan fingerprint density at radius 1 is 1.22 bits per heavy atom. The lowest BCUT2D eigenvalue weighted by Crippen LogP contribution is -2.50. The van der Waals surface area contributed by atoms with E-state index in [0.29, 0.717) is 6.04 Å². The fourth-order valence-electron chi connectivity index (χ4n) is 3.64. The van der Waals surface area contributed by atoms with Gasteiger partial charge < -0.3 is 20.4 Å². The Labute approximate surface area is 170 Å². The molecule has 5 nitrogen and oxygen atoms in total. The van der Waals surface area contributed by atoms with Gasteiger partial charge in [0, 0.05) is 44.3 Å². The molecule has 27 heavy (non-hydrogen) atoms.